The molecule has 0 saturated carbocycles. The second-order valence-electron chi connectivity index (χ2n) is 6.31. The molecule has 0 radical (unpaired) electrons. The molecule has 0 spiro atoms. The fourth-order valence-corrected chi connectivity index (χ4v) is 2.24. The predicted molar refractivity (Wildman–Crippen MR) is 90.8 cm³/mol. The van der Waals surface area contributed by atoms with E-state index < -0.39 is 17.6 Å². The minimum Gasteiger partial charge on any atom is -0.366 e. The van der Waals surface area contributed by atoms with Gasteiger partial charge in [0.2, 0.25) is 0 Å². The third-order valence-corrected chi connectivity index (χ3v) is 3.67. The summed E-state index contributed by atoms with van der Waals surface area (Å²) in [5, 5.41) is 2.80. The molecule has 5 nitrogen and oxygen atoms in total. The molecule has 0 aliphatic carbocycles. The topological polar surface area (TPSA) is 85.1 Å². The van der Waals surface area contributed by atoms with Gasteiger partial charge in [-0.1, -0.05) is 32.4 Å². The number of nitrogens with zero attached hydrogens (tertiary/aromatic N) is 1. The number of carbonyl (C=O) groups is 2. The van der Waals surface area contributed by atoms with E-state index >= 15 is 0 Å². The first-order valence-electron chi connectivity index (χ1n) is 7.16. The molecule has 0 fully saturated rings. The zero-order chi connectivity index (χ0) is 18.1. The van der Waals surface area contributed by atoms with E-state index in [2.05, 4.69) is 10.3 Å². The summed E-state index contributed by atoms with van der Waals surface area (Å²) in [6.45, 7) is 5.94. The van der Waals surface area contributed by atoms with Gasteiger partial charge in [0.1, 0.15) is 5.82 Å². The Morgan fingerprint density at radius 1 is 1.21 bits per heavy atom. The number of primary amides is 1. The summed E-state index contributed by atoms with van der Waals surface area (Å²) in [7, 11) is 0. The molecule has 0 atom stereocenters. The average molecular weight is 350 g/mol. The number of hydrogen-bond acceptors (Lipinski definition) is 3. The minimum atomic E-state index is -0.919. The lowest BCUT2D eigenvalue weighted by atomic mass is 9.91. The zero-order valence-corrected chi connectivity index (χ0v) is 14.2. The molecule has 1 aromatic carbocycles. The van der Waals surface area contributed by atoms with Gasteiger partial charge in [-0.25, -0.2) is 4.39 Å². The summed E-state index contributed by atoms with van der Waals surface area (Å²) >= 11 is 6.17. The molecular formula is C17H17ClFN3O2. The normalized spacial score (nSPS) is 11.2. The van der Waals surface area contributed by atoms with E-state index in [4.69, 9.17) is 17.3 Å². The maximum atomic E-state index is 13.5. The molecule has 0 unspecified atom stereocenters. The van der Waals surface area contributed by atoms with Crippen molar-refractivity contribution in [2.75, 3.05) is 5.32 Å². The van der Waals surface area contributed by atoms with E-state index in [1.165, 1.54) is 18.3 Å². The Kier molecular flexibility index (Phi) is 4.89. The fraction of sp³-hybridized carbons (Fsp3) is 0.235. The molecule has 0 bridgehead atoms. The van der Waals surface area contributed by atoms with Gasteiger partial charge in [0.25, 0.3) is 11.8 Å². The smallest absolute Gasteiger partial charge is 0.258 e. The van der Waals surface area contributed by atoms with Crippen LogP contribution in [0, 0.1) is 5.82 Å². The van der Waals surface area contributed by atoms with E-state index in [1.54, 1.807) is 6.07 Å². The summed E-state index contributed by atoms with van der Waals surface area (Å²) in [5.74, 6) is -2.19. The van der Waals surface area contributed by atoms with Gasteiger partial charge in [-0.05, 0) is 24.3 Å². The SMILES string of the molecule is CC(C)(C)c1cc(Cl)c(C(=O)Nc2ccc(F)c(C(N)=O)c2)cn1. The number of nitrogens with two attached hydrogens (primary N) is 1. The second-order valence-corrected chi connectivity index (χ2v) is 6.72. The number of aromatic nitrogens is 1. The van der Waals surface area contributed by atoms with E-state index in [0.717, 1.165) is 11.8 Å². The molecule has 7 heteroatoms. The maximum Gasteiger partial charge on any atom is 0.258 e. The third kappa shape index (κ3) is 3.89. The van der Waals surface area contributed by atoms with Crippen LogP contribution in [-0.4, -0.2) is 16.8 Å². The van der Waals surface area contributed by atoms with Crippen molar-refractivity contribution in [1.82, 2.24) is 4.98 Å². The van der Waals surface area contributed by atoms with Gasteiger partial charge in [-0.2, -0.15) is 0 Å². The predicted octanol–water partition coefficient (Wildman–Crippen LogP) is 3.52. The van der Waals surface area contributed by atoms with Crippen molar-refractivity contribution in [2.45, 2.75) is 26.2 Å². The monoisotopic (exact) mass is 349 g/mol. The summed E-state index contributed by atoms with van der Waals surface area (Å²) < 4.78 is 13.5. The number of rotatable bonds is 3. The zero-order valence-electron chi connectivity index (χ0n) is 13.5. The van der Waals surface area contributed by atoms with Crippen LogP contribution >= 0.6 is 11.6 Å². The fourth-order valence-electron chi connectivity index (χ4n) is 2.00. The first-order chi connectivity index (χ1) is 11.1. The van der Waals surface area contributed by atoms with Gasteiger partial charge in [0.15, 0.2) is 0 Å². The van der Waals surface area contributed by atoms with Crippen LogP contribution in [0.25, 0.3) is 0 Å². The average Bonchev–Trinajstić information content (AvgIpc) is 2.47. The molecule has 0 aliphatic rings. The Bertz CT molecular complexity index is 816. The van der Waals surface area contributed by atoms with Crippen molar-refractivity contribution < 1.29 is 14.0 Å². The van der Waals surface area contributed by atoms with Gasteiger partial charge in [0, 0.05) is 23.0 Å². The molecule has 24 heavy (non-hydrogen) atoms. The van der Waals surface area contributed by atoms with Crippen molar-refractivity contribution in [2.24, 2.45) is 5.73 Å². The summed E-state index contributed by atoms with van der Waals surface area (Å²) in [5.41, 5.74) is 5.73. The van der Waals surface area contributed by atoms with Crippen LogP contribution in [0.15, 0.2) is 30.5 Å². The quantitative estimate of drug-likeness (QED) is 0.889. The molecule has 1 aromatic heterocycles. The number of nitrogens with one attached hydrogen (secondary N) is 1. The van der Waals surface area contributed by atoms with Gasteiger partial charge >= 0.3 is 0 Å². The van der Waals surface area contributed by atoms with Crippen molar-refractivity contribution >= 4 is 29.1 Å². The Morgan fingerprint density at radius 2 is 1.88 bits per heavy atom. The largest absolute Gasteiger partial charge is 0.366 e. The number of pyridine rings is 1. The minimum absolute atomic E-state index is 0.176. The first-order valence-corrected chi connectivity index (χ1v) is 7.54. The molecule has 2 amide bonds. The van der Waals surface area contributed by atoms with Crippen molar-refractivity contribution in [3.8, 4) is 0 Å². The summed E-state index contributed by atoms with van der Waals surface area (Å²) in [6.07, 6.45) is 1.39. The van der Waals surface area contributed by atoms with Crippen LogP contribution in [0.5, 0.6) is 0 Å². The molecular weight excluding hydrogens is 333 g/mol. The molecule has 2 aromatic rings. The lowest BCUT2D eigenvalue weighted by molar-refractivity contribution is 0.0992. The standard InChI is InChI=1S/C17H17ClFN3O2/c1-17(2,3)14-7-12(18)11(8-21-14)16(24)22-9-4-5-13(19)10(6-9)15(20)23/h4-8H,1-3H3,(H2,20,23)(H,22,24). The molecule has 126 valence electrons. The molecule has 1 heterocycles. The Labute approximate surface area is 144 Å². The van der Waals surface area contributed by atoms with Crippen molar-refractivity contribution in [3.63, 3.8) is 0 Å². The van der Waals surface area contributed by atoms with Crippen LogP contribution in [0.1, 0.15) is 47.2 Å². The Hall–Kier alpha value is -2.47. The van der Waals surface area contributed by atoms with Crippen LogP contribution in [0.2, 0.25) is 5.02 Å². The number of carbonyl (C=O) groups excluding carboxylic acids is 2. The molecule has 3 N–H and O–H groups in total. The van der Waals surface area contributed by atoms with E-state index in [9.17, 15) is 14.0 Å². The Balaban J connectivity index is 2.28. The number of halogens is 2. The highest BCUT2D eigenvalue weighted by Gasteiger charge is 2.19. The Morgan fingerprint density at radius 3 is 2.42 bits per heavy atom. The molecule has 0 saturated heterocycles. The lowest BCUT2D eigenvalue weighted by Crippen LogP contribution is -2.18. The van der Waals surface area contributed by atoms with Crippen LogP contribution < -0.4 is 11.1 Å². The molecule has 0 aliphatic heterocycles. The van der Waals surface area contributed by atoms with Crippen LogP contribution in [-0.2, 0) is 5.41 Å². The van der Waals surface area contributed by atoms with Crippen molar-refractivity contribution in [1.29, 1.82) is 0 Å². The number of hydrogen-bond donors (Lipinski definition) is 2. The highest BCUT2D eigenvalue weighted by molar-refractivity contribution is 6.34. The first kappa shape index (κ1) is 17.9. The van der Waals surface area contributed by atoms with Crippen molar-refractivity contribution in [3.05, 3.63) is 58.1 Å². The number of anilines is 1. The molecule has 2 rings (SSSR count). The number of amides is 2. The van der Waals surface area contributed by atoms with Gasteiger partial charge < -0.3 is 11.1 Å². The highest BCUT2D eigenvalue weighted by Crippen LogP contribution is 2.25. The van der Waals surface area contributed by atoms with E-state index in [1.807, 2.05) is 20.8 Å². The second kappa shape index (κ2) is 6.57. The third-order valence-electron chi connectivity index (χ3n) is 3.36. The summed E-state index contributed by atoms with van der Waals surface area (Å²) in [6, 6.07) is 5.18. The highest BCUT2D eigenvalue weighted by atomic mass is 35.5. The lowest BCUT2D eigenvalue weighted by Gasteiger charge is -2.18. The van der Waals surface area contributed by atoms with E-state index in [-0.39, 0.29) is 27.3 Å². The van der Waals surface area contributed by atoms with Gasteiger partial charge in [-0.15, -0.1) is 0 Å². The summed E-state index contributed by atoms with van der Waals surface area (Å²) in [4.78, 5) is 27.7. The maximum absolute atomic E-state index is 13.5. The van der Waals surface area contributed by atoms with Crippen LogP contribution in [0.4, 0.5) is 10.1 Å². The van der Waals surface area contributed by atoms with Gasteiger partial charge in [0.05, 0.1) is 16.1 Å². The van der Waals surface area contributed by atoms with Crippen LogP contribution in [0.3, 0.4) is 0 Å². The van der Waals surface area contributed by atoms with Gasteiger partial charge in [-0.3, -0.25) is 14.6 Å². The van der Waals surface area contributed by atoms with E-state index in [0.29, 0.717) is 0 Å². The number of benzene rings is 1.